The SMILES string of the molecule is CO[C@@H]1CC[C@@H](Nc2ccc(-c3c(C)noc3C)cc2N)C1.CO[C@@H]1CC[C@@H](Nc2ccc(-c3c(C)noc3C)cc2NC(=O)[C@@H]2CCC(=O)N2)C1. The summed E-state index contributed by atoms with van der Waals surface area (Å²) in [6, 6.07) is 12.2. The Labute approximate surface area is 304 Å². The minimum atomic E-state index is -0.502. The molecule has 1 saturated heterocycles. The maximum Gasteiger partial charge on any atom is 0.247 e. The third-order valence-corrected chi connectivity index (χ3v) is 10.4. The van der Waals surface area contributed by atoms with Crippen molar-refractivity contribution in [3.8, 4) is 22.3 Å². The molecule has 13 nitrogen and oxygen atoms in total. The van der Waals surface area contributed by atoms with Crippen molar-refractivity contribution >= 4 is 34.6 Å². The van der Waals surface area contributed by atoms with Crippen molar-refractivity contribution in [1.29, 1.82) is 0 Å². The fourth-order valence-electron chi connectivity index (χ4n) is 7.61. The van der Waals surface area contributed by atoms with Crippen LogP contribution in [0.4, 0.5) is 22.7 Å². The standard InChI is InChI=1S/C22H28N4O4.C17H23N3O2/c1-12-21(13(2)30-26-12)14-4-7-17(23-15-5-6-16(11-15)29-3)19(10-14)25-22(28)18-8-9-20(27)24-18;1-10-17(11(2)22-20-10)12-4-7-16(15(18)8-12)19-13-5-6-14(9-13)21-3/h4,7,10,15-16,18,23H,5-6,8-9,11H2,1-3H3,(H,24,27)(H,25,28);4,7-8,13-14,19H,5-6,9,18H2,1-3H3/t15-,16-,18+;13-,14-/m11/s1. The Balaban J connectivity index is 0.000000187. The molecule has 52 heavy (non-hydrogen) atoms. The van der Waals surface area contributed by atoms with Crippen LogP contribution in [0.25, 0.3) is 22.3 Å². The summed E-state index contributed by atoms with van der Waals surface area (Å²) in [5.41, 5.74) is 15.1. The van der Waals surface area contributed by atoms with Crippen LogP contribution in [-0.2, 0) is 19.1 Å². The van der Waals surface area contributed by atoms with E-state index < -0.39 is 6.04 Å². The first kappa shape index (κ1) is 36.9. The van der Waals surface area contributed by atoms with Crippen LogP contribution in [-0.4, -0.2) is 66.7 Å². The van der Waals surface area contributed by atoms with Crippen LogP contribution in [0, 0.1) is 27.7 Å². The molecule has 6 N–H and O–H groups in total. The topological polar surface area (TPSA) is 179 Å². The van der Waals surface area contributed by atoms with Crippen molar-refractivity contribution < 1.29 is 28.1 Å². The van der Waals surface area contributed by atoms with Crippen molar-refractivity contribution in [2.75, 3.05) is 35.9 Å². The highest BCUT2D eigenvalue weighted by molar-refractivity contribution is 6.01. The van der Waals surface area contributed by atoms with E-state index in [0.717, 1.165) is 101 Å². The molecule has 0 bridgehead atoms. The normalized spacial score (nSPS) is 22.5. The number of nitrogens with two attached hydrogens (primary N) is 1. The second-order valence-corrected chi connectivity index (χ2v) is 14.1. The second kappa shape index (κ2) is 16.2. The van der Waals surface area contributed by atoms with Gasteiger partial charge in [-0.05, 0) is 108 Å². The van der Waals surface area contributed by atoms with Crippen LogP contribution in [0.1, 0.15) is 74.3 Å². The van der Waals surface area contributed by atoms with Crippen LogP contribution in [0.2, 0.25) is 0 Å². The summed E-state index contributed by atoms with van der Waals surface area (Å²) >= 11 is 0. The number of carbonyl (C=O) groups excluding carboxylic acids is 2. The molecule has 2 amide bonds. The van der Waals surface area contributed by atoms with E-state index in [9.17, 15) is 9.59 Å². The Morgan fingerprint density at radius 3 is 1.77 bits per heavy atom. The molecule has 2 saturated carbocycles. The van der Waals surface area contributed by atoms with Crippen molar-refractivity contribution in [2.45, 2.75) is 109 Å². The molecule has 3 fully saturated rings. The number of hydrogen-bond acceptors (Lipinski definition) is 11. The smallest absolute Gasteiger partial charge is 0.247 e. The van der Waals surface area contributed by atoms with Gasteiger partial charge < -0.3 is 45.5 Å². The molecule has 0 radical (unpaired) electrons. The zero-order valence-electron chi connectivity index (χ0n) is 30.9. The average molecular weight is 714 g/mol. The molecule has 7 rings (SSSR count). The summed E-state index contributed by atoms with van der Waals surface area (Å²) in [5, 5.41) is 20.9. The lowest BCUT2D eigenvalue weighted by molar-refractivity contribution is -0.122. The Kier molecular flexibility index (Phi) is 11.5. The van der Waals surface area contributed by atoms with E-state index in [4.69, 9.17) is 24.3 Å². The lowest BCUT2D eigenvalue weighted by Gasteiger charge is -2.20. The maximum absolute atomic E-state index is 12.8. The predicted molar refractivity (Wildman–Crippen MR) is 201 cm³/mol. The number of nitrogen functional groups attached to an aromatic ring is 1. The van der Waals surface area contributed by atoms with Gasteiger partial charge in [-0.15, -0.1) is 0 Å². The van der Waals surface area contributed by atoms with Crippen molar-refractivity contribution in [3.05, 3.63) is 59.3 Å². The van der Waals surface area contributed by atoms with Crippen molar-refractivity contribution in [2.24, 2.45) is 0 Å². The Morgan fingerprint density at radius 1 is 0.769 bits per heavy atom. The number of amides is 2. The first-order chi connectivity index (χ1) is 25.0. The minimum absolute atomic E-state index is 0.0884. The number of nitrogens with one attached hydrogen (secondary N) is 4. The third-order valence-electron chi connectivity index (χ3n) is 10.4. The van der Waals surface area contributed by atoms with E-state index in [1.54, 1.807) is 14.2 Å². The summed E-state index contributed by atoms with van der Waals surface area (Å²) in [4.78, 5) is 24.3. The minimum Gasteiger partial charge on any atom is -0.397 e. The van der Waals surface area contributed by atoms with Gasteiger partial charge in [0.25, 0.3) is 0 Å². The fourth-order valence-corrected chi connectivity index (χ4v) is 7.61. The largest absolute Gasteiger partial charge is 0.397 e. The van der Waals surface area contributed by atoms with Gasteiger partial charge in [-0.3, -0.25) is 9.59 Å². The molecule has 0 spiro atoms. The highest BCUT2D eigenvalue weighted by Crippen LogP contribution is 2.36. The molecular weight excluding hydrogens is 662 g/mol. The zero-order chi connectivity index (χ0) is 36.9. The number of nitrogens with zero attached hydrogens (tertiary/aromatic N) is 2. The third kappa shape index (κ3) is 8.42. The molecule has 2 aromatic carbocycles. The second-order valence-electron chi connectivity index (χ2n) is 14.1. The van der Waals surface area contributed by atoms with Gasteiger partial charge in [0.15, 0.2) is 0 Å². The Morgan fingerprint density at radius 2 is 1.31 bits per heavy atom. The van der Waals surface area contributed by atoms with Gasteiger partial charge in [0.2, 0.25) is 11.8 Å². The number of carbonyl (C=O) groups is 2. The number of ether oxygens (including phenoxy) is 2. The van der Waals surface area contributed by atoms with Gasteiger partial charge >= 0.3 is 0 Å². The van der Waals surface area contributed by atoms with Crippen molar-refractivity contribution in [3.63, 3.8) is 0 Å². The molecule has 13 heteroatoms. The summed E-state index contributed by atoms with van der Waals surface area (Å²) in [7, 11) is 3.52. The van der Waals surface area contributed by atoms with Crippen LogP contribution in [0.15, 0.2) is 45.4 Å². The zero-order valence-corrected chi connectivity index (χ0v) is 30.9. The molecule has 0 unspecified atom stereocenters. The quantitative estimate of drug-likeness (QED) is 0.111. The number of methoxy groups -OCH3 is 2. The van der Waals surface area contributed by atoms with Crippen molar-refractivity contribution in [1.82, 2.24) is 15.6 Å². The van der Waals surface area contributed by atoms with Crippen LogP contribution < -0.4 is 27.0 Å². The summed E-state index contributed by atoms with van der Waals surface area (Å²) in [5.74, 6) is 1.25. The van der Waals surface area contributed by atoms with E-state index >= 15 is 0 Å². The van der Waals surface area contributed by atoms with Gasteiger partial charge in [-0.25, -0.2) is 0 Å². The molecule has 2 aliphatic carbocycles. The van der Waals surface area contributed by atoms with E-state index in [0.29, 0.717) is 30.7 Å². The van der Waals surface area contributed by atoms with Crippen LogP contribution >= 0.6 is 0 Å². The van der Waals surface area contributed by atoms with Gasteiger partial charge in [0.05, 0.1) is 46.3 Å². The fraction of sp³-hybridized carbons (Fsp3) is 0.487. The predicted octanol–water partition coefficient (Wildman–Crippen LogP) is 6.67. The summed E-state index contributed by atoms with van der Waals surface area (Å²) < 4.78 is 21.4. The number of rotatable bonds is 10. The summed E-state index contributed by atoms with van der Waals surface area (Å²) in [6.45, 7) is 7.63. The monoisotopic (exact) mass is 713 g/mol. The number of benzene rings is 2. The van der Waals surface area contributed by atoms with Gasteiger partial charge in [0, 0.05) is 43.9 Å². The van der Waals surface area contributed by atoms with Crippen LogP contribution in [0.3, 0.4) is 0 Å². The molecular formula is C39H51N7O6. The number of aryl methyl sites for hydroxylation is 4. The van der Waals surface area contributed by atoms with E-state index in [1.165, 1.54) is 0 Å². The highest BCUT2D eigenvalue weighted by atomic mass is 16.5. The van der Waals surface area contributed by atoms with Crippen LogP contribution in [0.5, 0.6) is 0 Å². The number of aromatic nitrogens is 2. The number of anilines is 4. The molecule has 3 aliphatic rings. The molecule has 278 valence electrons. The van der Waals surface area contributed by atoms with E-state index in [2.05, 4.69) is 37.6 Å². The lowest BCUT2D eigenvalue weighted by atomic mass is 10.0. The van der Waals surface area contributed by atoms with Gasteiger partial charge in [-0.2, -0.15) is 0 Å². The number of hydrogen-bond donors (Lipinski definition) is 5. The van der Waals surface area contributed by atoms with Gasteiger partial charge in [-0.1, -0.05) is 22.4 Å². The molecule has 4 aromatic rings. The van der Waals surface area contributed by atoms with E-state index in [1.807, 2.05) is 58.0 Å². The Hall–Kier alpha value is -4.88. The molecule has 5 atom stereocenters. The lowest BCUT2D eigenvalue weighted by Crippen LogP contribution is -2.37. The first-order valence-corrected chi connectivity index (χ1v) is 18.1. The summed E-state index contributed by atoms with van der Waals surface area (Å²) in [6.07, 6.45) is 7.70. The molecule has 3 heterocycles. The maximum atomic E-state index is 12.8. The first-order valence-electron chi connectivity index (χ1n) is 18.1. The highest BCUT2D eigenvalue weighted by Gasteiger charge is 2.29. The Bertz CT molecular complexity index is 1850. The molecule has 2 aromatic heterocycles. The van der Waals surface area contributed by atoms with Gasteiger partial charge in [0.1, 0.15) is 17.6 Å². The average Bonchev–Trinajstić information content (AvgIpc) is 3.97. The van der Waals surface area contributed by atoms with E-state index in [-0.39, 0.29) is 24.0 Å². The molecule has 1 aliphatic heterocycles.